The maximum Gasteiger partial charge on any atom is 0.409 e. The molecule has 420 valence electrons. The third-order valence-electron chi connectivity index (χ3n) is 12.7. The van der Waals surface area contributed by atoms with Crippen molar-refractivity contribution in [1.29, 1.82) is 0 Å². The van der Waals surface area contributed by atoms with Gasteiger partial charge in [0, 0.05) is 70.3 Å². The number of benzene rings is 1. The zero-order valence-electron chi connectivity index (χ0n) is 44.6. The van der Waals surface area contributed by atoms with Crippen molar-refractivity contribution in [3.63, 3.8) is 0 Å². The molecule has 0 radical (unpaired) electrons. The summed E-state index contributed by atoms with van der Waals surface area (Å²) >= 11 is 11.3. The van der Waals surface area contributed by atoms with Crippen LogP contribution in [0.5, 0.6) is 5.75 Å². The van der Waals surface area contributed by atoms with E-state index in [1.807, 2.05) is 25.5 Å². The molecule has 3 heterocycles. The van der Waals surface area contributed by atoms with Crippen molar-refractivity contribution in [1.82, 2.24) is 20.9 Å². The second kappa shape index (κ2) is 31.2. The number of amides is 5. The lowest BCUT2D eigenvalue weighted by molar-refractivity contribution is -0.162. The van der Waals surface area contributed by atoms with Crippen LogP contribution in [0.3, 0.4) is 0 Å². The summed E-state index contributed by atoms with van der Waals surface area (Å²) in [6, 6.07) is 2.46. The number of allylic oxidation sites excluding steroid dienone is 3. The number of ether oxygens (including phenoxy) is 7. The van der Waals surface area contributed by atoms with Gasteiger partial charge in [-0.2, -0.15) is 35.3 Å². The molecule has 2 saturated heterocycles. The van der Waals surface area contributed by atoms with Crippen molar-refractivity contribution in [2.45, 2.75) is 95.2 Å². The van der Waals surface area contributed by atoms with Crippen molar-refractivity contribution in [3.05, 3.63) is 46.5 Å². The number of anilines is 1. The van der Waals surface area contributed by atoms with E-state index in [9.17, 15) is 33.9 Å². The average Bonchev–Trinajstić information content (AvgIpc) is 4.07. The maximum atomic E-state index is 14.3. The minimum absolute atomic E-state index is 0.0193. The van der Waals surface area contributed by atoms with Crippen molar-refractivity contribution < 1.29 is 71.9 Å². The normalized spacial score (nSPS) is 25.2. The molecule has 1 aromatic rings. The van der Waals surface area contributed by atoms with E-state index in [0.29, 0.717) is 50.0 Å². The van der Waals surface area contributed by atoms with Crippen LogP contribution in [0.2, 0.25) is 5.02 Å². The highest BCUT2D eigenvalue weighted by molar-refractivity contribution is 8.00. The first-order valence-corrected chi connectivity index (χ1v) is 28.8. The molecule has 0 aromatic heterocycles. The van der Waals surface area contributed by atoms with E-state index < -0.39 is 65.7 Å². The van der Waals surface area contributed by atoms with Crippen molar-refractivity contribution >= 4 is 94.0 Å². The Balaban J connectivity index is 1.28. The molecule has 1 aromatic carbocycles. The summed E-state index contributed by atoms with van der Waals surface area (Å²) in [5, 5.41) is 24.0. The molecule has 3 aliphatic heterocycles. The Labute approximate surface area is 457 Å². The van der Waals surface area contributed by atoms with Gasteiger partial charge in [-0.1, -0.05) is 47.5 Å². The number of nitrogens with zero attached hydrogens (tertiary/aromatic N) is 3. The highest BCUT2D eigenvalue weighted by Gasteiger charge is 2.64. The molecule has 8 atom stereocenters. The Kier molecular flexibility index (Phi) is 26.3. The minimum Gasteiger partial charge on any atom is -0.495 e. The number of methoxy groups -OCH3 is 2. The molecular weight excluding hydrogens is 1060 g/mol. The van der Waals surface area contributed by atoms with Crippen LogP contribution in [-0.4, -0.2) is 203 Å². The molecule has 0 spiro atoms. The van der Waals surface area contributed by atoms with Gasteiger partial charge in [-0.25, -0.2) is 9.59 Å². The number of oxime groups is 1. The molecule has 0 saturated carbocycles. The lowest BCUT2D eigenvalue weighted by atomic mass is 9.83. The van der Waals surface area contributed by atoms with Crippen molar-refractivity contribution in [2.24, 2.45) is 11.1 Å². The molecular formula is C50H75ClN6O15S3. The number of aliphatic hydroxyl groups is 1. The molecule has 5 amide bonds. The summed E-state index contributed by atoms with van der Waals surface area (Å²) in [7, 11) is 5.92. The van der Waals surface area contributed by atoms with Gasteiger partial charge in [-0.15, -0.1) is 0 Å². The van der Waals surface area contributed by atoms with Gasteiger partial charge in [-0.3, -0.25) is 24.5 Å². The van der Waals surface area contributed by atoms with Crippen LogP contribution in [0, 0.1) is 5.92 Å². The molecule has 0 aliphatic carbocycles. The molecule has 4 N–H and O–H groups in total. The summed E-state index contributed by atoms with van der Waals surface area (Å²) in [5.74, 6) is -0.548. The van der Waals surface area contributed by atoms with E-state index in [1.54, 1.807) is 68.7 Å². The third kappa shape index (κ3) is 19.3. The Morgan fingerprint density at radius 3 is 2.35 bits per heavy atom. The summed E-state index contributed by atoms with van der Waals surface area (Å²) in [6.07, 6.45) is 4.49. The lowest BCUT2D eigenvalue weighted by Gasteiger charge is -2.42. The second-order valence-corrected chi connectivity index (χ2v) is 21.6. The molecule has 21 nitrogen and oxygen atoms in total. The fourth-order valence-electron chi connectivity index (χ4n) is 8.28. The van der Waals surface area contributed by atoms with E-state index in [2.05, 4.69) is 21.1 Å². The Hall–Kier alpha value is -4.27. The van der Waals surface area contributed by atoms with Gasteiger partial charge >= 0.3 is 12.1 Å². The molecule has 75 heavy (non-hydrogen) atoms. The zero-order valence-corrected chi connectivity index (χ0v) is 47.8. The van der Waals surface area contributed by atoms with Crippen LogP contribution in [0.4, 0.5) is 10.5 Å². The number of hydrogen-bond donors (Lipinski definition) is 4. The molecule has 2 fully saturated rings. The van der Waals surface area contributed by atoms with Gasteiger partial charge in [0.1, 0.15) is 40.7 Å². The van der Waals surface area contributed by atoms with Crippen LogP contribution < -0.4 is 25.6 Å². The SMILES string of the molecule is COc1cc2cc(c1Cl)N(C)C(=O)C[C@H](OC(=O)[C@H](C)N(C)C(=O)CCSCC(=O)NCCOCCOCCNC(=O)CON=C(CSC)CSC)[C@]1(C)O[C@H]1C(C)[C@@H]1C[C@@](O)(NC(=O)O1)[C@H](OC)/C=C/C=C(\C)C2. The van der Waals surface area contributed by atoms with Crippen LogP contribution in [-0.2, 0) is 63.7 Å². The first kappa shape index (κ1) is 63.3. The standard InChI is InChI=1S/C50H75ClN6O15S3/c1-31-12-11-13-39(66-8)50(64)26-38(70-48(63)54-50)32(2)46-49(4,72-46)40(25-44(61)57(6)36-23-34(22-31)24-37(65-7)45(36)51)71-47(62)33(3)56(5)43(60)14-21-75-30-42(59)53-16-18-68-20-19-67-17-15-52-41(58)27-69-55-35(28-73-9)29-74-10/h11-13,23-24,32-33,38-40,46,64H,14-22,25-30H2,1-10H3,(H,52,58)(H,53,59)(H,54,63)/b13-11+,31-12+/t32?,33-,38-,39+,40-,46-,49-,50-/m0/s1. The van der Waals surface area contributed by atoms with Crippen LogP contribution in [0.25, 0.3) is 0 Å². The lowest BCUT2D eigenvalue weighted by Crippen LogP contribution is -2.63. The Bertz CT molecular complexity index is 2200. The Morgan fingerprint density at radius 2 is 1.71 bits per heavy atom. The number of thioether (sulfide) groups is 3. The van der Waals surface area contributed by atoms with Gasteiger partial charge in [-0.05, 0) is 57.4 Å². The van der Waals surface area contributed by atoms with E-state index >= 15 is 0 Å². The van der Waals surface area contributed by atoms with Crippen molar-refractivity contribution in [3.8, 4) is 5.75 Å². The fraction of sp³-hybridized carbons (Fsp3) is 0.660. The largest absolute Gasteiger partial charge is 0.495 e. The number of carbonyl (C=O) groups is 6. The first-order chi connectivity index (χ1) is 35.7. The number of hydrogen-bond acceptors (Lipinski definition) is 19. The van der Waals surface area contributed by atoms with E-state index in [0.717, 1.165) is 28.4 Å². The molecule has 1 unspecified atom stereocenters. The van der Waals surface area contributed by atoms with Gasteiger partial charge in [0.15, 0.2) is 12.3 Å². The number of epoxide rings is 1. The molecule has 4 bridgehead atoms. The summed E-state index contributed by atoms with van der Waals surface area (Å²) < 4.78 is 40.4. The van der Waals surface area contributed by atoms with E-state index in [4.69, 9.17) is 49.6 Å². The number of nitrogens with one attached hydrogen (secondary N) is 3. The predicted molar refractivity (Wildman–Crippen MR) is 291 cm³/mol. The highest BCUT2D eigenvalue weighted by atomic mass is 35.5. The van der Waals surface area contributed by atoms with Crippen LogP contribution in [0.1, 0.15) is 52.5 Å². The zero-order chi connectivity index (χ0) is 55.3. The topological polar surface area (TPSA) is 255 Å². The molecule has 4 rings (SSSR count). The summed E-state index contributed by atoms with van der Waals surface area (Å²) in [6.45, 7) is 8.45. The quantitative estimate of drug-likeness (QED) is 0.0336. The monoisotopic (exact) mass is 1130 g/mol. The second-order valence-electron chi connectivity index (χ2n) is 18.4. The van der Waals surface area contributed by atoms with Gasteiger partial charge in [0.2, 0.25) is 17.7 Å². The number of rotatable bonds is 26. The van der Waals surface area contributed by atoms with Crippen molar-refractivity contribution in [2.75, 3.05) is 115 Å². The first-order valence-electron chi connectivity index (χ1n) is 24.5. The van der Waals surface area contributed by atoms with Crippen LogP contribution >= 0.6 is 46.9 Å². The van der Waals surface area contributed by atoms with Crippen LogP contribution in [0.15, 0.2) is 41.1 Å². The molecule has 25 heteroatoms. The number of halogens is 1. The van der Waals surface area contributed by atoms with Gasteiger partial charge < -0.3 is 63.5 Å². The third-order valence-corrected chi connectivity index (χ3v) is 15.3. The van der Waals surface area contributed by atoms with Gasteiger partial charge in [0.05, 0.1) is 63.2 Å². The minimum atomic E-state index is -1.87. The highest BCUT2D eigenvalue weighted by Crippen LogP contribution is 2.49. The van der Waals surface area contributed by atoms with E-state index in [-0.39, 0.29) is 67.5 Å². The number of esters is 1. The summed E-state index contributed by atoms with van der Waals surface area (Å²) in [4.78, 5) is 86.8. The number of fused-ring (bicyclic) bond motifs is 5. The maximum absolute atomic E-state index is 14.3. The van der Waals surface area contributed by atoms with Gasteiger partial charge in [0.25, 0.3) is 5.91 Å². The smallest absolute Gasteiger partial charge is 0.409 e. The fourth-order valence-corrected chi connectivity index (χ4v) is 10.4. The summed E-state index contributed by atoms with van der Waals surface area (Å²) in [5.41, 5.74) is -0.237. The average molecular weight is 1130 g/mol. The predicted octanol–water partition coefficient (Wildman–Crippen LogP) is 4.00. The molecule has 3 aliphatic rings. The number of carbonyl (C=O) groups excluding carboxylic acids is 6. The number of alkyl carbamates (subject to hydrolysis) is 1. The number of likely N-dealkylation sites (N-methyl/N-ethyl adjacent to an activating group) is 1. The van der Waals surface area contributed by atoms with E-state index in [1.165, 1.54) is 49.8 Å². The Morgan fingerprint density at radius 1 is 1.04 bits per heavy atom.